The molecule has 0 bridgehead atoms. The molecule has 7 nitrogen and oxygen atoms in total. The maximum absolute atomic E-state index is 12.7. The molecule has 0 spiro atoms. The number of esters is 1. The molecule has 2 N–H and O–H groups in total. The molecule has 0 saturated carbocycles. The van der Waals surface area contributed by atoms with E-state index in [1.54, 1.807) is 6.92 Å². The minimum Gasteiger partial charge on any atom is -0.494 e. The number of carbonyl (C=O) groups is 2. The van der Waals surface area contributed by atoms with Crippen LogP contribution >= 0.6 is 0 Å². The fourth-order valence-electron chi connectivity index (χ4n) is 3.21. The first-order chi connectivity index (χ1) is 13.1. The first-order valence-electron chi connectivity index (χ1n) is 9.38. The number of allylic oxidation sites excluding steroid dienone is 1. The standard InChI is InChI=1S/C20H26N2O5/c1-3-10-25-15-8-6-14(7-9-15)18-17(13(2)21-20(24)22-18)19(23)27-12-16-5-4-11-26-16/h6-9,16,18H,3-5,10-12H2,1-2H3,(H2,21,22,24)/t16-,18+/m1/s1. The maximum Gasteiger partial charge on any atom is 0.338 e. The smallest absolute Gasteiger partial charge is 0.338 e. The van der Waals surface area contributed by atoms with Gasteiger partial charge in [0, 0.05) is 12.3 Å². The monoisotopic (exact) mass is 374 g/mol. The third-order valence-corrected chi connectivity index (χ3v) is 4.60. The van der Waals surface area contributed by atoms with Crippen LogP contribution in [0.25, 0.3) is 0 Å². The highest BCUT2D eigenvalue weighted by molar-refractivity contribution is 5.95. The van der Waals surface area contributed by atoms with Crippen LogP contribution in [0.4, 0.5) is 4.79 Å². The van der Waals surface area contributed by atoms with Gasteiger partial charge in [0.2, 0.25) is 0 Å². The number of urea groups is 1. The molecule has 1 fully saturated rings. The highest BCUT2D eigenvalue weighted by Crippen LogP contribution is 2.29. The number of hydrogen-bond acceptors (Lipinski definition) is 5. The first kappa shape index (κ1) is 19.2. The molecule has 0 radical (unpaired) electrons. The van der Waals surface area contributed by atoms with Gasteiger partial charge in [0.25, 0.3) is 0 Å². The van der Waals surface area contributed by atoms with Crippen LogP contribution in [0.2, 0.25) is 0 Å². The van der Waals surface area contributed by atoms with E-state index in [1.165, 1.54) is 0 Å². The summed E-state index contributed by atoms with van der Waals surface area (Å²) in [7, 11) is 0. The largest absolute Gasteiger partial charge is 0.494 e. The molecule has 0 aliphatic carbocycles. The number of ether oxygens (including phenoxy) is 3. The van der Waals surface area contributed by atoms with Crippen LogP contribution in [-0.2, 0) is 14.3 Å². The second-order valence-electron chi connectivity index (χ2n) is 6.72. The Morgan fingerprint density at radius 1 is 1.30 bits per heavy atom. The molecule has 1 aromatic rings. The summed E-state index contributed by atoms with van der Waals surface area (Å²) in [5.41, 5.74) is 1.68. The van der Waals surface area contributed by atoms with Crippen LogP contribution < -0.4 is 15.4 Å². The molecule has 0 aromatic heterocycles. The van der Waals surface area contributed by atoms with E-state index in [1.807, 2.05) is 31.2 Å². The molecule has 1 saturated heterocycles. The van der Waals surface area contributed by atoms with Crippen molar-refractivity contribution in [3.8, 4) is 5.75 Å². The molecule has 2 atom stereocenters. The quantitative estimate of drug-likeness (QED) is 0.717. The second kappa shape index (κ2) is 8.90. The van der Waals surface area contributed by atoms with Gasteiger partial charge < -0.3 is 24.8 Å². The summed E-state index contributed by atoms with van der Waals surface area (Å²) in [6.07, 6.45) is 2.75. The fraction of sp³-hybridized carbons (Fsp3) is 0.500. The third-order valence-electron chi connectivity index (χ3n) is 4.60. The number of carbonyl (C=O) groups excluding carboxylic acids is 2. The molecule has 2 heterocycles. The molecule has 7 heteroatoms. The van der Waals surface area contributed by atoms with E-state index in [4.69, 9.17) is 14.2 Å². The van der Waals surface area contributed by atoms with Crippen molar-refractivity contribution in [2.45, 2.75) is 45.3 Å². The molecule has 2 aliphatic rings. The summed E-state index contributed by atoms with van der Waals surface area (Å²) in [6, 6.07) is 6.45. The molecular formula is C20H26N2O5. The van der Waals surface area contributed by atoms with E-state index in [0.717, 1.165) is 30.6 Å². The average molecular weight is 374 g/mol. The number of nitrogens with one attached hydrogen (secondary N) is 2. The third kappa shape index (κ3) is 4.80. The Bertz CT molecular complexity index is 708. The van der Waals surface area contributed by atoms with Crippen LogP contribution in [0.15, 0.2) is 35.5 Å². The Balaban J connectivity index is 1.75. The van der Waals surface area contributed by atoms with Crippen LogP contribution in [0.5, 0.6) is 5.75 Å². The lowest BCUT2D eigenvalue weighted by Crippen LogP contribution is -2.45. The number of rotatable bonds is 7. The molecule has 0 unspecified atom stereocenters. The van der Waals surface area contributed by atoms with Crippen molar-refractivity contribution in [3.63, 3.8) is 0 Å². The fourth-order valence-corrected chi connectivity index (χ4v) is 3.21. The van der Waals surface area contributed by atoms with E-state index < -0.39 is 12.0 Å². The summed E-state index contributed by atoms with van der Waals surface area (Å²) < 4.78 is 16.6. The van der Waals surface area contributed by atoms with E-state index in [0.29, 0.717) is 24.5 Å². The molecule has 3 rings (SSSR count). The zero-order valence-electron chi connectivity index (χ0n) is 15.7. The van der Waals surface area contributed by atoms with Crippen LogP contribution in [-0.4, -0.2) is 37.9 Å². The zero-order valence-corrected chi connectivity index (χ0v) is 15.7. The molecule has 146 valence electrons. The van der Waals surface area contributed by atoms with Crippen molar-refractivity contribution in [1.82, 2.24) is 10.6 Å². The van der Waals surface area contributed by atoms with Gasteiger partial charge >= 0.3 is 12.0 Å². The van der Waals surface area contributed by atoms with Crippen LogP contribution in [0.3, 0.4) is 0 Å². The van der Waals surface area contributed by atoms with E-state index in [9.17, 15) is 9.59 Å². The Morgan fingerprint density at radius 2 is 2.07 bits per heavy atom. The molecule has 2 aliphatic heterocycles. The van der Waals surface area contributed by atoms with Crippen molar-refractivity contribution < 1.29 is 23.8 Å². The van der Waals surface area contributed by atoms with Gasteiger partial charge in [-0.3, -0.25) is 0 Å². The average Bonchev–Trinajstić information content (AvgIpc) is 3.18. The number of hydrogen-bond donors (Lipinski definition) is 2. The lowest BCUT2D eigenvalue weighted by atomic mass is 9.95. The minimum atomic E-state index is -0.573. The Hall–Kier alpha value is -2.54. The normalized spacial score (nSPS) is 22.2. The molecular weight excluding hydrogens is 348 g/mol. The highest BCUT2D eigenvalue weighted by Gasteiger charge is 2.32. The number of amides is 2. The summed E-state index contributed by atoms with van der Waals surface area (Å²) in [5, 5.41) is 5.45. The Labute approximate surface area is 159 Å². The van der Waals surface area contributed by atoms with Gasteiger partial charge in [-0.15, -0.1) is 0 Å². The van der Waals surface area contributed by atoms with Crippen molar-refractivity contribution in [1.29, 1.82) is 0 Å². The van der Waals surface area contributed by atoms with Gasteiger partial charge in [-0.25, -0.2) is 9.59 Å². The highest BCUT2D eigenvalue weighted by atomic mass is 16.6. The van der Waals surface area contributed by atoms with Gasteiger partial charge in [-0.2, -0.15) is 0 Å². The number of benzene rings is 1. The molecule has 1 aromatic carbocycles. The van der Waals surface area contributed by atoms with E-state index >= 15 is 0 Å². The summed E-state index contributed by atoms with van der Waals surface area (Å²) >= 11 is 0. The predicted molar refractivity (Wildman–Crippen MR) is 99.3 cm³/mol. The summed E-state index contributed by atoms with van der Waals surface area (Å²) in [4.78, 5) is 24.7. The summed E-state index contributed by atoms with van der Waals surface area (Å²) in [5.74, 6) is 0.302. The first-order valence-corrected chi connectivity index (χ1v) is 9.38. The van der Waals surface area contributed by atoms with E-state index in [2.05, 4.69) is 10.6 Å². The van der Waals surface area contributed by atoms with Crippen molar-refractivity contribution >= 4 is 12.0 Å². The summed E-state index contributed by atoms with van der Waals surface area (Å²) in [6.45, 7) is 5.31. The minimum absolute atomic E-state index is 0.0468. The second-order valence-corrected chi connectivity index (χ2v) is 6.72. The Kier molecular flexibility index (Phi) is 6.34. The lowest BCUT2D eigenvalue weighted by Gasteiger charge is -2.28. The van der Waals surface area contributed by atoms with Crippen molar-refractivity contribution in [3.05, 3.63) is 41.1 Å². The van der Waals surface area contributed by atoms with E-state index in [-0.39, 0.29) is 18.7 Å². The van der Waals surface area contributed by atoms with Crippen LogP contribution in [0, 0.1) is 0 Å². The van der Waals surface area contributed by atoms with Crippen LogP contribution in [0.1, 0.15) is 44.7 Å². The van der Waals surface area contributed by atoms with Crippen molar-refractivity contribution in [2.75, 3.05) is 19.8 Å². The van der Waals surface area contributed by atoms with Gasteiger partial charge in [0.15, 0.2) is 0 Å². The lowest BCUT2D eigenvalue weighted by molar-refractivity contribution is -0.142. The van der Waals surface area contributed by atoms with Gasteiger partial charge in [-0.1, -0.05) is 19.1 Å². The van der Waals surface area contributed by atoms with Gasteiger partial charge in [0.1, 0.15) is 12.4 Å². The van der Waals surface area contributed by atoms with Gasteiger partial charge in [-0.05, 0) is 43.9 Å². The Morgan fingerprint density at radius 3 is 2.74 bits per heavy atom. The molecule has 27 heavy (non-hydrogen) atoms. The molecule has 2 amide bonds. The predicted octanol–water partition coefficient (Wildman–Crippen LogP) is 2.83. The van der Waals surface area contributed by atoms with Gasteiger partial charge in [0.05, 0.1) is 24.3 Å². The maximum atomic E-state index is 12.7. The topological polar surface area (TPSA) is 85.9 Å². The zero-order chi connectivity index (χ0) is 19.2. The SMILES string of the molecule is CCCOc1ccc([C@@H]2NC(=O)NC(C)=C2C(=O)OC[C@H]2CCCO2)cc1. The van der Waals surface area contributed by atoms with Crippen molar-refractivity contribution in [2.24, 2.45) is 0 Å².